The van der Waals surface area contributed by atoms with E-state index in [0.29, 0.717) is 12.1 Å². The molecule has 0 saturated heterocycles. The topological polar surface area (TPSA) is 32.3 Å². The Balaban J connectivity index is 0.000000433. The van der Waals surface area contributed by atoms with Gasteiger partial charge in [-0.3, -0.25) is 0 Å². The Morgan fingerprint density at radius 3 is 1.98 bits per heavy atom. The standard InChI is InChI=1S/C35H35N2.C6H13N/c1-36(29-16-7-4-8-17-29)30-23-21-26(22-24-30)25-28-15-9-10-18-31(28)34-32-19-11-12-20-33(32)37(2)35(34)27-13-5-3-6-14-27;7-6-4-2-1-3-5-6/h3,5-6,9-15,18-25,29H,4,7-8,16-17H2,1-2H3;6H,1-5,7H2/q+1;. The van der Waals surface area contributed by atoms with Gasteiger partial charge in [0.1, 0.15) is 7.05 Å². The minimum Gasteiger partial charge on any atom is -0.372 e. The summed E-state index contributed by atoms with van der Waals surface area (Å²) in [6, 6.07) is 38.7. The van der Waals surface area contributed by atoms with Crippen molar-refractivity contribution >= 4 is 28.7 Å². The summed E-state index contributed by atoms with van der Waals surface area (Å²) in [5, 5.41) is 2.51. The van der Waals surface area contributed by atoms with Gasteiger partial charge in [-0.05, 0) is 78.1 Å². The highest BCUT2D eigenvalue weighted by molar-refractivity contribution is 6.32. The number of rotatable bonds is 4. The summed E-state index contributed by atoms with van der Waals surface area (Å²) >= 11 is 0. The molecule has 3 heteroatoms. The molecule has 3 aliphatic rings. The number of anilines is 1. The second-order valence-corrected chi connectivity index (χ2v) is 12.8. The summed E-state index contributed by atoms with van der Waals surface area (Å²) < 4.78 is 2.34. The van der Waals surface area contributed by atoms with Crippen LogP contribution in [-0.2, 0) is 0 Å². The van der Waals surface area contributed by atoms with Crippen molar-refractivity contribution in [2.24, 2.45) is 5.73 Å². The largest absolute Gasteiger partial charge is 0.372 e. The molecule has 2 fully saturated rings. The average molecular weight is 583 g/mol. The van der Waals surface area contributed by atoms with Crippen molar-refractivity contribution in [3.8, 4) is 0 Å². The Kier molecular flexibility index (Phi) is 9.73. The SMILES string of the molecule is CN(c1ccc(C=c2ccccc2=C2C(c3ccccc3)=[N+](C)c3ccccc32)cc1)C1CCCCC1.NC1CCCCC1. The molecule has 1 heterocycles. The van der Waals surface area contributed by atoms with E-state index in [2.05, 4.69) is 133 Å². The van der Waals surface area contributed by atoms with E-state index < -0.39 is 0 Å². The van der Waals surface area contributed by atoms with Crippen LogP contribution in [0.2, 0.25) is 0 Å². The number of para-hydroxylation sites is 1. The molecule has 4 aromatic rings. The Morgan fingerprint density at radius 2 is 1.30 bits per heavy atom. The molecule has 0 spiro atoms. The van der Waals surface area contributed by atoms with Gasteiger partial charge in [-0.2, -0.15) is 4.58 Å². The molecule has 0 unspecified atom stereocenters. The van der Waals surface area contributed by atoms with Gasteiger partial charge in [-0.1, -0.05) is 105 Å². The molecular formula is C41H48N3+. The highest BCUT2D eigenvalue weighted by atomic mass is 15.1. The lowest BCUT2D eigenvalue weighted by Gasteiger charge is -2.33. The van der Waals surface area contributed by atoms with Gasteiger partial charge in [0.05, 0.1) is 11.1 Å². The number of hydrogen-bond acceptors (Lipinski definition) is 2. The van der Waals surface area contributed by atoms with Crippen LogP contribution >= 0.6 is 0 Å². The molecule has 0 atom stereocenters. The third kappa shape index (κ3) is 6.74. The van der Waals surface area contributed by atoms with Gasteiger partial charge in [-0.25, -0.2) is 0 Å². The summed E-state index contributed by atoms with van der Waals surface area (Å²) in [5.74, 6) is 0. The maximum absolute atomic E-state index is 5.63. The Labute approximate surface area is 264 Å². The monoisotopic (exact) mass is 582 g/mol. The predicted molar refractivity (Wildman–Crippen MR) is 187 cm³/mol. The van der Waals surface area contributed by atoms with Gasteiger partial charge in [0.2, 0.25) is 11.4 Å². The van der Waals surface area contributed by atoms with Crippen molar-refractivity contribution < 1.29 is 4.58 Å². The molecule has 4 aromatic carbocycles. The van der Waals surface area contributed by atoms with Crippen LogP contribution in [0.5, 0.6) is 0 Å². The van der Waals surface area contributed by atoms with Gasteiger partial charge < -0.3 is 10.6 Å². The minimum atomic E-state index is 0.536. The molecule has 44 heavy (non-hydrogen) atoms. The van der Waals surface area contributed by atoms with Gasteiger partial charge in [0.15, 0.2) is 0 Å². The van der Waals surface area contributed by atoms with Crippen molar-refractivity contribution in [2.75, 3.05) is 19.0 Å². The fourth-order valence-electron chi connectivity index (χ4n) is 7.25. The molecule has 7 rings (SSSR count). The third-order valence-corrected chi connectivity index (χ3v) is 9.78. The molecule has 226 valence electrons. The van der Waals surface area contributed by atoms with Gasteiger partial charge in [0.25, 0.3) is 0 Å². The number of benzene rings is 4. The molecule has 0 radical (unpaired) electrons. The maximum Gasteiger partial charge on any atom is 0.221 e. The number of fused-ring (bicyclic) bond motifs is 1. The first-order chi connectivity index (χ1) is 21.6. The minimum absolute atomic E-state index is 0.536. The highest BCUT2D eigenvalue weighted by Crippen LogP contribution is 2.34. The summed E-state index contributed by atoms with van der Waals surface area (Å²) in [7, 11) is 4.44. The molecule has 0 bridgehead atoms. The van der Waals surface area contributed by atoms with Gasteiger partial charge in [0, 0.05) is 36.4 Å². The van der Waals surface area contributed by atoms with Gasteiger partial charge in [-0.15, -0.1) is 0 Å². The van der Waals surface area contributed by atoms with E-state index in [1.807, 2.05) is 0 Å². The lowest BCUT2D eigenvalue weighted by atomic mass is 9.94. The molecule has 2 saturated carbocycles. The number of nitrogens with zero attached hydrogens (tertiary/aromatic N) is 2. The zero-order chi connectivity index (χ0) is 30.3. The molecular weight excluding hydrogens is 534 g/mol. The Bertz CT molecular complexity index is 1690. The van der Waals surface area contributed by atoms with Crippen LogP contribution in [0.3, 0.4) is 0 Å². The highest BCUT2D eigenvalue weighted by Gasteiger charge is 2.33. The first-order valence-electron chi connectivity index (χ1n) is 16.8. The smallest absolute Gasteiger partial charge is 0.221 e. The van der Waals surface area contributed by atoms with Crippen molar-refractivity contribution in [2.45, 2.75) is 76.3 Å². The van der Waals surface area contributed by atoms with E-state index >= 15 is 0 Å². The van der Waals surface area contributed by atoms with Crippen LogP contribution in [0.1, 0.15) is 80.9 Å². The first-order valence-corrected chi connectivity index (χ1v) is 16.8. The Morgan fingerprint density at radius 1 is 0.682 bits per heavy atom. The maximum atomic E-state index is 5.63. The Hall–Kier alpha value is -3.95. The molecule has 2 N–H and O–H groups in total. The van der Waals surface area contributed by atoms with Crippen molar-refractivity contribution in [1.82, 2.24) is 0 Å². The second kappa shape index (κ2) is 14.2. The van der Waals surface area contributed by atoms with Gasteiger partial charge >= 0.3 is 0 Å². The van der Waals surface area contributed by atoms with E-state index in [1.165, 1.54) is 114 Å². The fraction of sp³-hybridized carbons (Fsp3) is 0.341. The summed E-state index contributed by atoms with van der Waals surface area (Å²) in [6.45, 7) is 0. The summed E-state index contributed by atoms with van der Waals surface area (Å²) in [4.78, 5) is 2.49. The van der Waals surface area contributed by atoms with Crippen molar-refractivity contribution in [3.63, 3.8) is 0 Å². The first kappa shape index (κ1) is 30.1. The molecule has 0 aromatic heterocycles. The molecule has 0 amide bonds. The third-order valence-electron chi connectivity index (χ3n) is 9.78. The van der Waals surface area contributed by atoms with E-state index in [1.54, 1.807) is 0 Å². The lowest BCUT2D eigenvalue weighted by molar-refractivity contribution is -0.400. The molecule has 3 nitrogen and oxygen atoms in total. The zero-order valence-corrected chi connectivity index (χ0v) is 26.6. The zero-order valence-electron chi connectivity index (χ0n) is 26.6. The van der Waals surface area contributed by atoms with Crippen molar-refractivity contribution in [1.29, 1.82) is 0 Å². The van der Waals surface area contributed by atoms with Crippen LogP contribution in [0, 0.1) is 0 Å². The van der Waals surface area contributed by atoms with Crippen LogP contribution in [0.25, 0.3) is 11.6 Å². The van der Waals surface area contributed by atoms with Crippen LogP contribution in [0.15, 0.2) is 103 Å². The van der Waals surface area contributed by atoms with E-state index in [-0.39, 0.29) is 0 Å². The van der Waals surface area contributed by atoms with Crippen LogP contribution < -0.4 is 21.1 Å². The second-order valence-electron chi connectivity index (χ2n) is 12.8. The van der Waals surface area contributed by atoms with Crippen molar-refractivity contribution in [3.05, 3.63) is 130 Å². The lowest BCUT2D eigenvalue weighted by Crippen LogP contribution is -2.33. The van der Waals surface area contributed by atoms with Crippen LogP contribution in [-0.4, -0.2) is 36.5 Å². The normalized spacial score (nSPS) is 18.9. The molecule has 1 aliphatic heterocycles. The van der Waals surface area contributed by atoms with E-state index in [0.717, 1.165) is 0 Å². The average Bonchev–Trinajstić information content (AvgIpc) is 3.38. The van der Waals surface area contributed by atoms with E-state index in [9.17, 15) is 0 Å². The number of hydrogen-bond donors (Lipinski definition) is 1. The van der Waals surface area contributed by atoms with E-state index in [4.69, 9.17) is 5.73 Å². The quantitative estimate of drug-likeness (QED) is 0.252. The fourth-order valence-corrected chi connectivity index (χ4v) is 7.25. The summed E-state index contributed by atoms with van der Waals surface area (Å²) in [6.07, 6.45) is 15.7. The van der Waals surface area contributed by atoms with Crippen LogP contribution in [0.4, 0.5) is 11.4 Å². The summed E-state index contributed by atoms with van der Waals surface area (Å²) in [5.41, 5.74) is 14.5. The predicted octanol–water partition coefficient (Wildman–Crippen LogP) is 7.54. The number of nitrogens with two attached hydrogens (primary N) is 1. The molecule has 2 aliphatic carbocycles.